The number of anilines is 3. The van der Waals surface area contributed by atoms with Crippen LogP contribution < -0.4 is 15.4 Å². The quantitative estimate of drug-likeness (QED) is 0.253. The molecule has 2 heterocycles. The minimum absolute atomic E-state index is 0.0122. The van der Waals surface area contributed by atoms with Crippen LogP contribution >= 0.6 is 11.8 Å². The van der Waals surface area contributed by atoms with Gasteiger partial charge in [-0.3, -0.25) is 9.89 Å². The number of hydrogen-bond acceptors (Lipinski definition) is 8. The van der Waals surface area contributed by atoms with Crippen molar-refractivity contribution in [2.24, 2.45) is 0 Å². The van der Waals surface area contributed by atoms with E-state index in [-0.39, 0.29) is 5.91 Å². The number of rotatable bonds is 12. The van der Waals surface area contributed by atoms with Crippen molar-refractivity contribution in [3.8, 4) is 5.88 Å². The van der Waals surface area contributed by atoms with Crippen LogP contribution in [0.4, 0.5) is 17.3 Å². The van der Waals surface area contributed by atoms with Gasteiger partial charge in [-0.15, -0.1) is 0 Å². The van der Waals surface area contributed by atoms with E-state index < -0.39 is 0 Å². The minimum Gasteiger partial charge on any atom is -0.477 e. The summed E-state index contributed by atoms with van der Waals surface area (Å²) in [4.78, 5) is 23.9. The first-order valence-electron chi connectivity index (χ1n) is 11.5. The van der Waals surface area contributed by atoms with Crippen molar-refractivity contribution < 1.29 is 9.53 Å². The number of carbonyl (C=O) groups excluding carboxylic acids is 1. The molecule has 3 aromatic rings. The summed E-state index contributed by atoms with van der Waals surface area (Å²) in [7, 11) is 4.08. The highest BCUT2D eigenvalue weighted by atomic mass is 32.2. The lowest BCUT2D eigenvalue weighted by atomic mass is 10.3. The molecule has 1 aliphatic rings. The Balaban J connectivity index is 1.47. The van der Waals surface area contributed by atoms with Gasteiger partial charge in [0, 0.05) is 47.3 Å². The van der Waals surface area contributed by atoms with Crippen LogP contribution in [0.3, 0.4) is 0 Å². The van der Waals surface area contributed by atoms with E-state index in [1.54, 1.807) is 6.07 Å². The Morgan fingerprint density at radius 1 is 1.18 bits per heavy atom. The van der Waals surface area contributed by atoms with Gasteiger partial charge in [-0.2, -0.15) is 10.1 Å². The van der Waals surface area contributed by atoms with Gasteiger partial charge in [-0.25, -0.2) is 4.98 Å². The van der Waals surface area contributed by atoms with Crippen molar-refractivity contribution >= 4 is 35.0 Å². The van der Waals surface area contributed by atoms with E-state index in [2.05, 4.69) is 35.7 Å². The average molecular weight is 482 g/mol. The number of amides is 1. The van der Waals surface area contributed by atoms with E-state index in [0.29, 0.717) is 35.8 Å². The molecule has 1 saturated carbocycles. The highest BCUT2D eigenvalue weighted by molar-refractivity contribution is 7.99. The smallest absolute Gasteiger partial charge is 0.224 e. The summed E-state index contributed by atoms with van der Waals surface area (Å²) in [5.41, 5.74) is 1.92. The largest absolute Gasteiger partial charge is 0.477 e. The topological polar surface area (TPSA) is 108 Å². The van der Waals surface area contributed by atoms with Crippen LogP contribution in [0.2, 0.25) is 0 Å². The molecular formula is C24H31N7O2S. The van der Waals surface area contributed by atoms with Gasteiger partial charge < -0.3 is 20.3 Å². The van der Waals surface area contributed by atoms with Crippen molar-refractivity contribution in [2.75, 3.05) is 37.9 Å². The molecule has 0 spiro atoms. The standard InChI is InChI=1S/C24H31N7O2S/c1-4-22(32)25-17-8-10-18(11-9-17)34-24-27-20(15-23(28-24)33-13-5-12-31(2)3)26-21-14-19(29-30-21)16-6-7-16/h8-11,14-16H,4-7,12-13H2,1-3H3,(H,25,32)(H2,26,27,28,29,30). The van der Waals surface area contributed by atoms with Crippen LogP contribution in [0.1, 0.15) is 44.2 Å². The SMILES string of the molecule is CCC(=O)Nc1ccc(Sc2nc(Nc3cc(C4CC4)[nH]n3)cc(OCCCN(C)C)n2)cc1. The van der Waals surface area contributed by atoms with Crippen LogP contribution in [0.15, 0.2) is 46.5 Å². The zero-order valence-corrected chi connectivity index (χ0v) is 20.6. The van der Waals surface area contributed by atoms with E-state index in [0.717, 1.165) is 35.1 Å². The summed E-state index contributed by atoms with van der Waals surface area (Å²) in [5, 5.41) is 14.2. The zero-order chi connectivity index (χ0) is 23.9. The molecule has 1 aliphatic carbocycles. The normalized spacial score (nSPS) is 13.2. The molecule has 0 radical (unpaired) electrons. The number of aromatic amines is 1. The number of hydrogen-bond donors (Lipinski definition) is 3. The van der Waals surface area contributed by atoms with E-state index >= 15 is 0 Å². The molecule has 1 amide bonds. The second kappa shape index (κ2) is 11.3. The summed E-state index contributed by atoms with van der Waals surface area (Å²) in [6, 6.07) is 11.5. The molecule has 4 rings (SSSR count). The molecule has 9 nitrogen and oxygen atoms in total. The van der Waals surface area contributed by atoms with E-state index in [4.69, 9.17) is 4.74 Å². The number of nitrogens with zero attached hydrogens (tertiary/aromatic N) is 4. The molecular weight excluding hydrogens is 450 g/mol. The molecule has 0 bridgehead atoms. The monoisotopic (exact) mass is 481 g/mol. The number of nitrogens with one attached hydrogen (secondary N) is 3. The van der Waals surface area contributed by atoms with E-state index in [1.165, 1.54) is 24.6 Å². The summed E-state index contributed by atoms with van der Waals surface area (Å²) < 4.78 is 5.93. The van der Waals surface area contributed by atoms with Gasteiger partial charge in [-0.05, 0) is 69.4 Å². The van der Waals surface area contributed by atoms with Gasteiger partial charge in [0.1, 0.15) is 5.82 Å². The van der Waals surface area contributed by atoms with Crippen molar-refractivity contribution in [3.05, 3.63) is 42.1 Å². The van der Waals surface area contributed by atoms with Crippen molar-refractivity contribution in [1.29, 1.82) is 0 Å². The summed E-state index contributed by atoms with van der Waals surface area (Å²) >= 11 is 1.43. The Labute approximate surface area is 204 Å². The first-order chi connectivity index (χ1) is 16.5. The lowest BCUT2D eigenvalue weighted by Gasteiger charge is -2.12. The van der Waals surface area contributed by atoms with Crippen molar-refractivity contribution in [2.45, 2.75) is 48.6 Å². The molecule has 2 aromatic heterocycles. The number of carbonyl (C=O) groups is 1. The second-order valence-corrected chi connectivity index (χ2v) is 9.56. The maximum atomic E-state index is 11.6. The molecule has 10 heteroatoms. The molecule has 3 N–H and O–H groups in total. The first kappa shape index (κ1) is 24.0. The second-order valence-electron chi connectivity index (χ2n) is 8.52. The maximum absolute atomic E-state index is 11.6. The summed E-state index contributed by atoms with van der Waals surface area (Å²) in [6.45, 7) is 3.34. The summed E-state index contributed by atoms with van der Waals surface area (Å²) in [5.74, 6) is 2.46. The Kier molecular flexibility index (Phi) is 8.02. The third-order valence-electron chi connectivity index (χ3n) is 5.22. The van der Waals surface area contributed by atoms with E-state index in [1.807, 2.05) is 51.4 Å². The third-order valence-corrected chi connectivity index (χ3v) is 6.09. The van der Waals surface area contributed by atoms with Crippen LogP contribution in [0, 0.1) is 0 Å². The number of benzene rings is 1. The Bertz CT molecular complexity index is 1100. The molecule has 0 atom stereocenters. The zero-order valence-electron chi connectivity index (χ0n) is 19.8. The predicted molar refractivity (Wildman–Crippen MR) is 134 cm³/mol. The fraction of sp³-hybridized carbons (Fsp3) is 0.417. The minimum atomic E-state index is -0.0122. The Hall–Kier alpha value is -3.11. The van der Waals surface area contributed by atoms with Gasteiger partial charge in [0.2, 0.25) is 11.8 Å². The van der Waals surface area contributed by atoms with Crippen molar-refractivity contribution in [1.82, 2.24) is 25.1 Å². The lowest BCUT2D eigenvalue weighted by molar-refractivity contribution is -0.115. The lowest BCUT2D eigenvalue weighted by Crippen LogP contribution is -2.15. The number of ether oxygens (including phenoxy) is 1. The molecule has 0 saturated heterocycles. The number of aromatic nitrogens is 4. The fourth-order valence-electron chi connectivity index (χ4n) is 3.24. The molecule has 0 aliphatic heterocycles. The Morgan fingerprint density at radius 3 is 2.68 bits per heavy atom. The summed E-state index contributed by atoms with van der Waals surface area (Å²) in [6.07, 6.45) is 3.76. The highest BCUT2D eigenvalue weighted by Gasteiger charge is 2.25. The van der Waals surface area contributed by atoms with Gasteiger partial charge in [0.25, 0.3) is 0 Å². The average Bonchev–Trinajstić information content (AvgIpc) is 3.57. The van der Waals surface area contributed by atoms with Gasteiger partial charge in [0.05, 0.1) is 6.61 Å². The highest BCUT2D eigenvalue weighted by Crippen LogP contribution is 2.39. The molecule has 180 valence electrons. The van der Waals surface area contributed by atoms with Crippen molar-refractivity contribution in [3.63, 3.8) is 0 Å². The molecule has 34 heavy (non-hydrogen) atoms. The molecule has 1 aromatic carbocycles. The van der Waals surface area contributed by atoms with Crippen LogP contribution in [-0.2, 0) is 4.79 Å². The van der Waals surface area contributed by atoms with Gasteiger partial charge >= 0.3 is 0 Å². The van der Waals surface area contributed by atoms with Crippen LogP contribution in [0.25, 0.3) is 0 Å². The van der Waals surface area contributed by atoms with E-state index in [9.17, 15) is 4.79 Å². The van der Waals surface area contributed by atoms with Crippen LogP contribution in [0.5, 0.6) is 5.88 Å². The molecule has 0 unspecified atom stereocenters. The maximum Gasteiger partial charge on any atom is 0.224 e. The fourth-order valence-corrected chi connectivity index (χ4v) is 4.00. The first-order valence-corrected chi connectivity index (χ1v) is 12.4. The third kappa shape index (κ3) is 7.19. The van der Waals surface area contributed by atoms with Gasteiger partial charge in [-0.1, -0.05) is 6.92 Å². The van der Waals surface area contributed by atoms with Crippen LogP contribution in [-0.4, -0.2) is 58.2 Å². The van der Waals surface area contributed by atoms with Gasteiger partial charge in [0.15, 0.2) is 11.0 Å². The number of H-pyrrole nitrogens is 1. The Morgan fingerprint density at radius 2 is 1.97 bits per heavy atom. The predicted octanol–water partition coefficient (Wildman–Crippen LogP) is 4.65. The molecule has 1 fully saturated rings.